The van der Waals surface area contributed by atoms with E-state index < -0.39 is 0 Å². The third kappa shape index (κ3) is 2.76. The zero-order chi connectivity index (χ0) is 27.4. The Labute approximate surface area is 240 Å². The molecule has 194 valence electrons. The fourth-order valence-electron chi connectivity index (χ4n) is 7.04. The summed E-state index contributed by atoms with van der Waals surface area (Å²) in [6.45, 7) is 0. The number of benzene rings is 7. The predicted octanol–water partition coefficient (Wildman–Crippen LogP) is 9.96. The Morgan fingerprint density at radius 2 is 1.19 bits per heavy atom. The minimum absolute atomic E-state index is 0.655. The van der Waals surface area contributed by atoms with Crippen LogP contribution in [-0.4, -0.2) is 14.5 Å². The number of para-hydroxylation sites is 2. The second kappa shape index (κ2) is 7.93. The van der Waals surface area contributed by atoms with E-state index in [-0.39, 0.29) is 0 Å². The van der Waals surface area contributed by atoms with Gasteiger partial charge in [-0.3, -0.25) is 4.57 Å². The molecule has 4 heteroatoms. The normalized spacial score (nSPS) is 12.5. The van der Waals surface area contributed by atoms with E-state index >= 15 is 0 Å². The minimum atomic E-state index is 0.655. The zero-order valence-corrected chi connectivity index (χ0v) is 22.4. The van der Waals surface area contributed by atoms with Gasteiger partial charge < -0.3 is 4.74 Å². The summed E-state index contributed by atoms with van der Waals surface area (Å²) in [7, 11) is 0. The monoisotopic (exact) mass is 535 g/mol. The second-order valence-electron chi connectivity index (χ2n) is 11.0. The van der Waals surface area contributed by atoms with Crippen LogP contribution in [0.1, 0.15) is 0 Å². The van der Waals surface area contributed by atoms with Crippen molar-refractivity contribution in [2.24, 2.45) is 0 Å². The molecule has 0 amide bonds. The van der Waals surface area contributed by atoms with Crippen LogP contribution in [-0.2, 0) is 0 Å². The van der Waals surface area contributed by atoms with Crippen molar-refractivity contribution in [1.29, 1.82) is 0 Å². The Hall–Kier alpha value is -5.74. The molecule has 0 unspecified atom stereocenters. The molecule has 2 aromatic heterocycles. The Balaban J connectivity index is 1.46. The van der Waals surface area contributed by atoms with Crippen LogP contribution in [0.3, 0.4) is 0 Å². The van der Waals surface area contributed by atoms with Gasteiger partial charge in [-0.05, 0) is 57.3 Å². The van der Waals surface area contributed by atoms with Gasteiger partial charge in [0.2, 0.25) is 5.95 Å². The van der Waals surface area contributed by atoms with E-state index in [0.717, 1.165) is 44.7 Å². The van der Waals surface area contributed by atoms with Crippen molar-refractivity contribution in [2.75, 3.05) is 0 Å². The van der Waals surface area contributed by atoms with Crippen LogP contribution >= 0.6 is 0 Å². The van der Waals surface area contributed by atoms with Crippen molar-refractivity contribution in [3.05, 3.63) is 127 Å². The average molecular weight is 536 g/mol. The Morgan fingerprint density at radius 1 is 0.476 bits per heavy atom. The van der Waals surface area contributed by atoms with Crippen LogP contribution in [0.2, 0.25) is 0 Å². The number of hydrogen-bond acceptors (Lipinski definition) is 3. The third-order valence-corrected chi connectivity index (χ3v) is 8.76. The molecule has 0 atom stereocenters. The fraction of sp³-hybridized carbons (Fsp3) is 0. The lowest BCUT2D eigenvalue weighted by atomic mass is 9.93. The second-order valence-corrected chi connectivity index (χ2v) is 11.0. The molecule has 0 bridgehead atoms. The highest BCUT2D eigenvalue weighted by Crippen LogP contribution is 2.47. The lowest BCUT2D eigenvalue weighted by molar-refractivity contribution is 0.486. The molecule has 42 heavy (non-hydrogen) atoms. The molecular weight excluding hydrogens is 514 g/mol. The molecule has 0 radical (unpaired) electrons. The molecule has 3 heterocycles. The lowest BCUT2D eigenvalue weighted by Crippen LogP contribution is -2.06. The molecule has 7 aromatic carbocycles. The van der Waals surface area contributed by atoms with Gasteiger partial charge in [0.25, 0.3) is 0 Å². The standard InChI is InChI=1S/C38H21N3O/c1-2-11-23-22(10-1)20-21-28-33(23)24-12-3-4-13-25(24)34-26-14-5-7-17-30(26)41(37(28)34)38-39-29-16-9-19-32-35(29)36(40-38)27-15-6-8-18-31(27)42-32/h1-21H. The summed E-state index contributed by atoms with van der Waals surface area (Å²) in [5.41, 5.74) is 4.95. The van der Waals surface area contributed by atoms with Crippen molar-refractivity contribution >= 4 is 65.0 Å². The molecule has 1 aliphatic rings. The zero-order valence-electron chi connectivity index (χ0n) is 22.4. The number of fused-ring (bicyclic) bond motifs is 12. The van der Waals surface area contributed by atoms with Crippen LogP contribution in [0, 0.1) is 0 Å². The maximum atomic E-state index is 6.28. The molecule has 1 aliphatic heterocycles. The van der Waals surface area contributed by atoms with Crippen LogP contribution < -0.4 is 4.74 Å². The number of aromatic nitrogens is 3. The van der Waals surface area contributed by atoms with E-state index in [1.54, 1.807) is 0 Å². The topological polar surface area (TPSA) is 39.9 Å². The molecule has 10 rings (SSSR count). The summed E-state index contributed by atoms with van der Waals surface area (Å²) in [5.74, 6) is 2.26. The highest BCUT2D eigenvalue weighted by atomic mass is 16.5. The average Bonchev–Trinajstić information content (AvgIpc) is 3.40. The van der Waals surface area contributed by atoms with E-state index in [1.165, 1.54) is 43.1 Å². The van der Waals surface area contributed by atoms with Crippen LogP contribution in [0.5, 0.6) is 11.5 Å². The molecule has 0 aliphatic carbocycles. The molecular formula is C38H21N3O. The summed E-state index contributed by atoms with van der Waals surface area (Å²) in [6, 6.07) is 44.8. The third-order valence-electron chi connectivity index (χ3n) is 8.76. The highest BCUT2D eigenvalue weighted by molar-refractivity contribution is 6.35. The van der Waals surface area contributed by atoms with Gasteiger partial charge in [-0.25, -0.2) is 9.97 Å². The van der Waals surface area contributed by atoms with E-state index in [9.17, 15) is 0 Å². The quantitative estimate of drug-likeness (QED) is 0.196. The van der Waals surface area contributed by atoms with Gasteiger partial charge in [0.1, 0.15) is 11.5 Å². The van der Waals surface area contributed by atoms with Crippen molar-refractivity contribution in [2.45, 2.75) is 0 Å². The summed E-state index contributed by atoms with van der Waals surface area (Å²) < 4.78 is 8.55. The first-order valence-corrected chi connectivity index (χ1v) is 14.2. The Morgan fingerprint density at radius 3 is 2.10 bits per heavy atom. The molecule has 0 spiro atoms. The van der Waals surface area contributed by atoms with Gasteiger partial charge in [-0.1, -0.05) is 97.1 Å². The summed E-state index contributed by atoms with van der Waals surface area (Å²) in [6.07, 6.45) is 0. The van der Waals surface area contributed by atoms with Gasteiger partial charge in [0.05, 0.1) is 27.6 Å². The van der Waals surface area contributed by atoms with Crippen molar-refractivity contribution < 1.29 is 4.74 Å². The van der Waals surface area contributed by atoms with Crippen LogP contribution in [0.25, 0.3) is 82.2 Å². The Bertz CT molecular complexity index is 2610. The van der Waals surface area contributed by atoms with Gasteiger partial charge in [0, 0.05) is 21.7 Å². The smallest absolute Gasteiger partial charge is 0.235 e. The number of rotatable bonds is 1. The molecule has 0 fully saturated rings. The first kappa shape index (κ1) is 22.0. The van der Waals surface area contributed by atoms with E-state index in [4.69, 9.17) is 14.7 Å². The summed E-state index contributed by atoms with van der Waals surface area (Å²) in [4.78, 5) is 10.6. The van der Waals surface area contributed by atoms with Crippen molar-refractivity contribution in [3.63, 3.8) is 0 Å². The molecule has 9 aromatic rings. The van der Waals surface area contributed by atoms with Crippen LogP contribution in [0.4, 0.5) is 0 Å². The van der Waals surface area contributed by atoms with Gasteiger partial charge in [-0.15, -0.1) is 0 Å². The molecule has 0 saturated carbocycles. The highest BCUT2D eigenvalue weighted by Gasteiger charge is 2.25. The van der Waals surface area contributed by atoms with E-state index in [2.05, 4.69) is 102 Å². The van der Waals surface area contributed by atoms with Crippen LogP contribution in [0.15, 0.2) is 127 Å². The molecule has 4 nitrogen and oxygen atoms in total. The maximum absolute atomic E-state index is 6.28. The first-order valence-electron chi connectivity index (χ1n) is 14.2. The SMILES string of the molecule is c1ccc2c(c1)Oc1cccc3nc(-n4c5ccccc5c5c6ccccc6c6c7ccccc7ccc6c54)nc-2c13. The summed E-state index contributed by atoms with van der Waals surface area (Å²) >= 11 is 0. The lowest BCUT2D eigenvalue weighted by Gasteiger charge is -2.21. The number of hydrogen-bond donors (Lipinski definition) is 0. The van der Waals surface area contributed by atoms with Gasteiger partial charge >= 0.3 is 0 Å². The van der Waals surface area contributed by atoms with E-state index in [0.29, 0.717) is 5.95 Å². The van der Waals surface area contributed by atoms with Crippen molar-refractivity contribution in [3.8, 4) is 28.7 Å². The Kier molecular flexibility index (Phi) is 4.15. The maximum Gasteiger partial charge on any atom is 0.235 e. The van der Waals surface area contributed by atoms with Gasteiger partial charge in [-0.2, -0.15) is 0 Å². The van der Waals surface area contributed by atoms with Crippen molar-refractivity contribution in [1.82, 2.24) is 14.5 Å². The summed E-state index contributed by atoms with van der Waals surface area (Å²) in [5, 5.41) is 10.8. The predicted molar refractivity (Wildman–Crippen MR) is 172 cm³/mol. The fourth-order valence-corrected chi connectivity index (χ4v) is 7.04. The molecule has 0 N–H and O–H groups in total. The largest absolute Gasteiger partial charge is 0.456 e. The number of ether oxygens (including phenoxy) is 1. The van der Waals surface area contributed by atoms with Gasteiger partial charge in [0.15, 0.2) is 0 Å². The number of nitrogens with zero attached hydrogens (tertiary/aromatic N) is 3. The minimum Gasteiger partial charge on any atom is -0.456 e. The first-order chi connectivity index (χ1) is 20.8. The van der Waals surface area contributed by atoms with E-state index in [1.807, 2.05) is 30.3 Å². The molecule has 0 saturated heterocycles.